The molecule has 0 aliphatic carbocycles. The summed E-state index contributed by atoms with van der Waals surface area (Å²) in [6.45, 7) is 4.55. The molecule has 2 heterocycles. The quantitative estimate of drug-likeness (QED) is 0.740. The first-order valence-corrected chi connectivity index (χ1v) is 8.83. The molecule has 0 aliphatic heterocycles. The van der Waals surface area contributed by atoms with Gasteiger partial charge in [0.15, 0.2) is 0 Å². The molecule has 0 saturated carbocycles. The number of hydrogen-bond donors (Lipinski definition) is 1. The number of benzene rings is 1. The predicted molar refractivity (Wildman–Crippen MR) is 106 cm³/mol. The molecule has 1 aromatic carbocycles. The summed E-state index contributed by atoms with van der Waals surface area (Å²) in [4.78, 5) is 25.9. The number of anilines is 1. The molecule has 3 aromatic rings. The Bertz CT molecular complexity index is 917. The summed E-state index contributed by atoms with van der Waals surface area (Å²) >= 11 is 0. The van der Waals surface area contributed by atoms with Gasteiger partial charge in [0.2, 0.25) is 0 Å². The Balaban J connectivity index is 1.64. The molecule has 134 valence electrons. The molecule has 0 amide bonds. The average Bonchev–Trinajstić information content (AvgIpc) is 2.66. The van der Waals surface area contributed by atoms with Crippen LogP contribution in [0, 0.1) is 13.8 Å². The Morgan fingerprint density at radius 1 is 1.08 bits per heavy atom. The molecule has 0 saturated heterocycles. The maximum atomic E-state index is 11.9. The second-order valence-electron chi connectivity index (χ2n) is 6.54. The fourth-order valence-electron chi connectivity index (χ4n) is 2.81. The molecule has 0 aliphatic rings. The van der Waals surface area contributed by atoms with Gasteiger partial charge in [0.05, 0.1) is 0 Å². The highest BCUT2D eigenvalue weighted by Crippen LogP contribution is 2.17. The van der Waals surface area contributed by atoms with Crippen molar-refractivity contribution in [3.8, 4) is 11.4 Å². The van der Waals surface area contributed by atoms with Gasteiger partial charge in [-0.3, -0.25) is 4.79 Å². The van der Waals surface area contributed by atoms with E-state index in [2.05, 4.69) is 44.1 Å². The van der Waals surface area contributed by atoms with Gasteiger partial charge in [-0.05, 0) is 44.4 Å². The van der Waals surface area contributed by atoms with E-state index >= 15 is 0 Å². The van der Waals surface area contributed by atoms with Crippen molar-refractivity contribution in [1.29, 1.82) is 0 Å². The van der Waals surface area contributed by atoms with E-state index in [-0.39, 0.29) is 5.56 Å². The first-order chi connectivity index (χ1) is 12.5. The van der Waals surface area contributed by atoms with Gasteiger partial charge in [-0.2, -0.15) is 0 Å². The van der Waals surface area contributed by atoms with Gasteiger partial charge in [-0.15, -0.1) is 0 Å². The smallest absolute Gasteiger partial charge is 0.254 e. The molecule has 26 heavy (non-hydrogen) atoms. The number of aryl methyl sites for hydroxylation is 2. The molecule has 0 spiro atoms. The second kappa shape index (κ2) is 7.95. The molecule has 0 atom stereocenters. The molecule has 0 fully saturated rings. The Morgan fingerprint density at radius 2 is 1.85 bits per heavy atom. The molecular weight excluding hydrogens is 324 g/mol. The molecule has 5 nitrogen and oxygen atoms in total. The van der Waals surface area contributed by atoms with E-state index in [1.54, 1.807) is 13.1 Å². The van der Waals surface area contributed by atoms with Crippen LogP contribution in [0.1, 0.15) is 23.2 Å². The number of hydrogen-bond acceptors (Lipinski definition) is 4. The topological polar surface area (TPSA) is 61.9 Å². The third-order valence-electron chi connectivity index (χ3n) is 4.61. The standard InChI is InChI=1S/C21H24N4O/c1-15-16(2)23-20(24-21(15)26)18-11-12-19(22-14-18)25(3)13-7-10-17-8-5-4-6-9-17/h4-6,8-9,11-12,14H,7,10,13H2,1-3H3,(H,23,24,26). The van der Waals surface area contributed by atoms with Crippen molar-refractivity contribution in [2.75, 3.05) is 18.5 Å². The highest BCUT2D eigenvalue weighted by Gasteiger charge is 2.08. The number of H-pyrrole nitrogens is 1. The highest BCUT2D eigenvalue weighted by atomic mass is 16.1. The van der Waals surface area contributed by atoms with E-state index in [1.165, 1.54) is 5.56 Å². The first kappa shape index (κ1) is 17.9. The molecule has 0 unspecified atom stereocenters. The summed E-state index contributed by atoms with van der Waals surface area (Å²) in [6, 6.07) is 14.4. The van der Waals surface area contributed by atoms with Gasteiger partial charge in [-0.1, -0.05) is 30.3 Å². The van der Waals surface area contributed by atoms with Crippen molar-refractivity contribution in [2.24, 2.45) is 0 Å². The minimum absolute atomic E-state index is 0.102. The number of rotatable bonds is 6. The van der Waals surface area contributed by atoms with Gasteiger partial charge in [0.1, 0.15) is 11.6 Å². The zero-order valence-corrected chi connectivity index (χ0v) is 15.5. The van der Waals surface area contributed by atoms with Crippen molar-refractivity contribution in [2.45, 2.75) is 26.7 Å². The van der Waals surface area contributed by atoms with Crippen LogP contribution in [-0.2, 0) is 6.42 Å². The largest absolute Gasteiger partial charge is 0.360 e. The van der Waals surface area contributed by atoms with Crippen LogP contribution in [-0.4, -0.2) is 28.5 Å². The summed E-state index contributed by atoms with van der Waals surface area (Å²) in [5.74, 6) is 1.47. The van der Waals surface area contributed by atoms with Crippen molar-refractivity contribution in [3.63, 3.8) is 0 Å². The minimum atomic E-state index is -0.102. The zero-order valence-electron chi connectivity index (χ0n) is 15.5. The fourth-order valence-corrected chi connectivity index (χ4v) is 2.81. The number of nitrogens with one attached hydrogen (secondary N) is 1. The molecule has 2 aromatic heterocycles. The van der Waals surface area contributed by atoms with Gasteiger partial charge in [0.25, 0.3) is 5.56 Å². The Morgan fingerprint density at radius 3 is 2.50 bits per heavy atom. The van der Waals surface area contributed by atoms with E-state index in [0.29, 0.717) is 11.4 Å². The van der Waals surface area contributed by atoms with Gasteiger partial charge in [-0.25, -0.2) is 9.97 Å². The van der Waals surface area contributed by atoms with Crippen LogP contribution in [0.25, 0.3) is 11.4 Å². The normalized spacial score (nSPS) is 10.7. The third-order valence-corrected chi connectivity index (χ3v) is 4.61. The molecule has 0 radical (unpaired) electrons. The van der Waals surface area contributed by atoms with E-state index in [4.69, 9.17) is 0 Å². The Kier molecular flexibility index (Phi) is 5.46. The van der Waals surface area contributed by atoms with Crippen molar-refractivity contribution in [1.82, 2.24) is 15.0 Å². The van der Waals surface area contributed by atoms with Crippen LogP contribution in [0.3, 0.4) is 0 Å². The van der Waals surface area contributed by atoms with Gasteiger partial charge >= 0.3 is 0 Å². The maximum absolute atomic E-state index is 11.9. The molecule has 3 rings (SSSR count). The van der Waals surface area contributed by atoms with Crippen molar-refractivity contribution >= 4 is 5.82 Å². The lowest BCUT2D eigenvalue weighted by molar-refractivity contribution is 0.777. The summed E-state index contributed by atoms with van der Waals surface area (Å²) < 4.78 is 0. The lowest BCUT2D eigenvalue weighted by Crippen LogP contribution is -2.20. The summed E-state index contributed by atoms with van der Waals surface area (Å²) in [7, 11) is 2.04. The molecule has 0 bridgehead atoms. The van der Waals surface area contributed by atoms with Crippen LogP contribution in [0.4, 0.5) is 5.82 Å². The van der Waals surface area contributed by atoms with Crippen LogP contribution < -0.4 is 10.5 Å². The predicted octanol–water partition coefficient (Wildman–Crippen LogP) is 3.52. The minimum Gasteiger partial charge on any atom is -0.360 e. The van der Waals surface area contributed by atoms with Crippen molar-refractivity contribution < 1.29 is 0 Å². The van der Waals surface area contributed by atoms with Crippen LogP contribution in [0.5, 0.6) is 0 Å². The van der Waals surface area contributed by atoms with Crippen LogP contribution >= 0.6 is 0 Å². The lowest BCUT2D eigenvalue weighted by Gasteiger charge is -2.18. The molecule has 1 N–H and O–H groups in total. The average molecular weight is 348 g/mol. The highest BCUT2D eigenvalue weighted by molar-refractivity contribution is 5.56. The van der Waals surface area contributed by atoms with E-state index < -0.39 is 0 Å². The van der Waals surface area contributed by atoms with Crippen LogP contribution in [0.2, 0.25) is 0 Å². The van der Waals surface area contributed by atoms with Gasteiger partial charge < -0.3 is 9.88 Å². The summed E-state index contributed by atoms with van der Waals surface area (Å²) in [5.41, 5.74) is 3.46. The molecule has 5 heteroatoms. The third kappa shape index (κ3) is 4.17. The van der Waals surface area contributed by atoms with E-state index in [1.807, 2.05) is 32.2 Å². The number of nitrogens with zero attached hydrogens (tertiary/aromatic N) is 3. The number of aromatic nitrogens is 3. The Labute approximate surface area is 153 Å². The Hall–Kier alpha value is -2.95. The second-order valence-corrected chi connectivity index (χ2v) is 6.54. The fraction of sp³-hybridized carbons (Fsp3) is 0.286. The van der Waals surface area contributed by atoms with E-state index in [9.17, 15) is 4.79 Å². The summed E-state index contributed by atoms with van der Waals surface area (Å²) in [6.07, 6.45) is 3.88. The molecular formula is C21H24N4O. The monoisotopic (exact) mass is 348 g/mol. The number of aromatic amines is 1. The lowest BCUT2D eigenvalue weighted by atomic mass is 10.1. The van der Waals surface area contributed by atoms with E-state index in [0.717, 1.165) is 36.5 Å². The maximum Gasteiger partial charge on any atom is 0.254 e. The number of pyridine rings is 1. The van der Waals surface area contributed by atoms with Crippen LogP contribution in [0.15, 0.2) is 53.5 Å². The summed E-state index contributed by atoms with van der Waals surface area (Å²) in [5, 5.41) is 0. The van der Waals surface area contributed by atoms with Gasteiger partial charge in [0, 0.05) is 36.6 Å². The van der Waals surface area contributed by atoms with Crippen molar-refractivity contribution in [3.05, 3.63) is 75.8 Å². The first-order valence-electron chi connectivity index (χ1n) is 8.83. The zero-order chi connectivity index (χ0) is 18.5. The SMILES string of the molecule is Cc1nc(-c2ccc(N(C)CCCc3ccccc3)nc2)[nH]c(=O)c1C.